The summed E-state index contributed by atoms with van der Waals surface area (Å²) in [4.78, 5) is 27.2. The van der Waals surface area contributed by atoms with Crippen molar-refractivity contribution in [2.75, 3.05) is 13.1 Å². The van der Waals surface area contributed by atoms with Gasteiger partial charge in [-0.1, -0.05) is 13.8 Å². The van der Waals surface area contributed by atoms with Gasteiger partial charge in [0, 0.05) is 25.5 Å². The van der Waals surface area contributed by atoms with Crippen molar-refractivity contribution in [2.45, 2.75) is 26.3 Å². The predicted molar refractivity (Wildman–Crippen MR) is 77.0 cm³/mol. The van der Waals surface area contributed by atoms with Crippen molar-refractivity contribution in [3.05, 3.63) is 30.1 Å². The van der Waals surface area contributed by atoms with Gasteiger partial charge in [-0.15, -0.1) is 0 Å². The molecular weight excluding hydrogens is 256 g/mol. The molecule has 2 amide bonds. The maximum absolute atomic E-state index is 11.7. The maximum Gasteiger partial charge on any atom is 0.252 e. The summed E-state index contributed by atoms with van der Waals surface area (Å²) in [6.45, 7) is 4.74. The normalized spacial score (nSPS) is 12.0. The molecule has 0 saturated heterocycles. The number of carbonyl (C=O) groups is 2. The van der Waals surface area contributed by atoms with E-state index < -0.39 is 6.04 Å². The van der Waals surface area contributed by atoms with Gasteiger partial charge in [0.05, 0.1) is 11.6 Å². The fourth-order valence-electron chi connectivity index (χ4n) is 1.71. The second-order valence-electron chi connectivity index (χ2n) is 5.02. The fourth-order valence-corrected chi connectivity index (χ4v) is 1.71. The first-order valence-corrected chi connectivity index (χ1v) is 6.72. The molecule has 0 saturated carbocycles. The number of pyridine rings is 1. The number of amides is 2. The maximum atomic E-state index is 11.7. The zero-order chi connectivity index (χ0) is 15.0. The van der Waals surface area contributed by atoms with E-state index >= 15 is 0 Å². The van der Waals surface area contributed by atoms with Gasteiger partial charge in [-0.3, -0.25) is 14.6 Å². The minimum absolute atomic E-state index is 0.186. The van der Waals surface area contributed by atoms with Gasteiger partial charge in [0.1, 0.15) is 0 Å². The SMILES string of the molecule is CC(C)C[C@H](N)C(=O)NCCNC(=O)c1cccnc1. The molecule has 0 spiro atoms. The number of nitrogens with zero attached hydrogens (tertiary/aromatic N) is 1. The number of hydrogen-bond acceptors (Lipinski definition) is 4. The minimum Gasteiger partial charge on any atom is -0.353 e. The summed E-state index contributed by atoms with van der Waals surface area (Å²) in [5.41, 5.74) is 6.24. The molecule has 0 bridgehead atoms. The number of nitrogens with two attached hydrogens (primary N) is 1. The van der Waals surface area contributed by atoms with Gasteiger partial charge in [-0.2, -0.15) is 0 Å². The molecule has 6 nitrogen and oxygen atoms in total. The van der Waals surface area contributed by atoms with Gasteiger partial charge >= 0.3 is 0 Å². The lowest BCUT2D eigenvalue weighted by atomic mass is 10.0. The van der Waals surface area contributed by atoms with Gasteiger partial charge in [0.15, 0.2) is 0 Å². The van der Waals surface area contributed by atoms with Crippen LogP contribution in [0.25, 0.3) is 0 Å². The average Bonchev–Trinajstić information content (AvgIpc) is 2.43. The zero-order valence-electron chi connectivity index (χ0n) is 11.9. The smallest absolute Gasteiger partial charge is 0.252 e. The Bertz CT molecular complexity index is 434. The van der Waals surface area contributed by atoms with Crippen LogP contribution < -0.4 is 16.4 Å². The topological polar surface area (TPSA) is 97.1 Å². The number of carbonyl (C=O) groups excluding carboxylic acids is 2. The molecule has 0 aliphatic rings. The van der Waals surface area contributed by atoms with Crippen molar-refractivity contribution in [2.24, 2.45) is 11.7 Å². The first-order valence-electron chi connectivity index (χ1n) is 6.72. The van der Waals surface area contributed by atoms with E-state index in [4.69, 9.17) is 5.73 Å². The van der Waals surface area contributed by atoms with Crippen LogP contribution in [0.4, 0.5) is 0 Å². The molecule has 1 atom stereocenters. The highest BCUT2D eigenvalue weighted by molar-refractivity contribution is 5.93. The summed E-state index contributed by atoms with van der Waals surface area (Å²) in [5.74, 6) is -0.0193. The van der Waals surface area contributed by atoms with E-state index in [1.807, 2.05) is 13.8 Å². The molecule has 1 aromatic heterocycles. The lowest BCUT2D eigenvalue weighted by Crippen LogP contribution is -2.44. The molecule has 0 radical (unpaired) electrons. The molecule has 0 aliphatic carbocycles. The van der Waals surface area contributed by atoms with E-state index in [0.717, 1.165) is 0 Å². The standard InChI is InChI=1S/C14H22N4O2/c1-10(2)8-12(15)14(20)18-7-6-17-13(19)11-4-3-5-16-9-11/h3-5,9-10,12H,6-8,15H2,1-2H3,(H,17,19)(H,18,20)/t12-/m0/s1. The highest BCUT2D eigenvalue weighted by atomic mass is 16.2. The number of aromatic nitrogens is 1. The molecule has 6 heteroatoms. The second kappa shape index (κ2) is 8.27. The van der Waals surface area contributed by atoms with Crippen molar-refractivity contribution < 1.29 is 9.59 Å². The molecule has 1 heterocycles. The average molecular weight is 278 g/mol. The Morgan fingerprint density at radius 1 is 1.30 bits per heavy atom. The molecule has 1 rings (SSSR count). The first kappa shape index (κ1) is 16.1. The number of hydrogen-bond donors (Lipinski definition) is 3. The molecule has 4 N–H and O–H groups in total. The van der Waals surface area contributed by atoms with Crippen molar-refractivity contribution in [3.8, 4) is 0 Å². The monoisotopic (exact) mass is 278 g/mol. The van der Waals surface area contributed by atoms with E-state index in [9.17, 15) is 9.59 Å². The lowest BCUT2D eigenvalue weighted by Gasteiger charge is -2.14. The highest BCUT2D eigenvalue weighted by Crippen LogP contribution is 2.02. The Hall–Kier alpha value is -1.95. The fraction of sp³-hybridized carbons (Fsp3) is 0.500. The summed E-state index contributed by atoms with van der Waals surface area (Å²) in [6, 6.07) is 2.88. The second-order valence-corrected chi connectivity index (χ2v) is 5.02. The Kier molecular flexibility index (Phi) is 6.66. The molecule has 0 fully saturated rings. The van der Waals surface area contributed by atoms with Crippen LogP contribution in [-0.2, 0) is 4.79 Å². The van der Waals surface area contributed by atoms with Gasteiger partial charge < -0.3 is 16.4 Å². The summed E-state index contributed by atoms with van der Waals surface area (Å²) < 4.78 is 0. The Balaban J connectivity index is 2.22. The van der Waals surface area contributed by atoms with Crippen LogP contribution in [0, 0.1) is 5.92 Å². The van der Waals surface area contributed by atoms with Crippen LogP contribution in [0.15, 0.2) is 24.5 Å². The number of nitrogens with one attached hydrogen (secondary N) is 2. The predicted octanol–water partition coefficient (Wildman–Crippen LogP) is 0.301. The van der Waals surface area contributed by atoms with E-state index in [1.165, 1.54) is 6.20 Å². The van der Waals surface area contributed by atoms with Crippen LogP contribution in [-0.4, -0.2) is 35.9 Å². The largest absolute Gasteiger partial charge is 0.353 e. The van der Waals surface area contributed by atoms with Gasteiger partial charge in [-0.05, 0) is 24.5 Å². The Labute approximate surface area is 119 Å². The summed E-state index contributed by atoms with van der Waals surface area (Å²) in [6.07, 6.45) is 3.74. The molecular formula is C14H22N4O2. The third-order valence-corrected chi connectivity index (χ3v) is 2.70. The van der Waals surface area contributed by atoms with Crippen molar-refractivity contribution in [3.63, 3.8) is 0 Å². The van der Waals surface area contributed by atoms with E-state index in [-0.39, 0.29) is 11.8 Å². The Morgan fingerprint density at radius 3 is 2.60 bits per heavy atom. The molecule has 0 aliphatic heterocycles. The summed E-state index contributed by atoms with van der Waals surface area (Å²) in [7, 11) is 0. The van der Waals surface area contributed by atoms with E-state index in [1.54, 1.807) is 18.3 Å². The zero-order valence-corrected chi connectivity index (χ0v) is 11.9. The van der Waals surface area contributed by atoms with E-state index in [2.05, 4.69) is 15.6 Å². The van der Waals surface area contributed by atoms with Gasteiger partial charge in [0.25, 0.3) is 5.91 Å². The molecule has 0 unspecified atom stereocenters. The molecule has 0 aromatic carbocycles. The summed E-state index contributed by atoms with van der Waals surface area (Å²) >= 11 is 0. The van der Waals surface area contributed by atoms with Crippen LogP contribution in [0.2, 0.25) is 0 Å². The third kappa shape index (κ3) is 5.79. The molecule has 20 heavy (non-hydrogen) atoms. The summed E-state index contributed by atoms with van der Waals surface area (Å²) in [5, 5.41) is 5.40. The molecule has 1 aromatic rings. The van der Waals surface area contributed by atoms with Gasteiger partial charge in [-0.25, -0.2) is 0 Å². The third-order valence-electron chi connectivity index (χ3n) is 2.70. The first-order chi connectivity index (χ1) is 9.50. The highest BCUT2D eigenvalue weighted by Gasteiger charge is 2.14. The van der Waals surface area contributed by atoms with Crippen LogP contribution in [0.5, 0.6) is 0 Å². The van der Waals surface area contributed by atoms with Gasteiger partial charge in [0.2, 0.25) is 5.91 Å². The number of rotatable bonds is 7. The van der Waals surface area contributed by atoms with Crippen molar-refractivity contribution >= 4 is 11.8 Å². The lowest BCUT2D eigenvalue weighted by molar-refractivity contribution is -0.122. The quantitative estimate of drug-likeness (QED) is 0.625. The van der Waals surface area contributed by atoms with Crippen LogP contribution >= 0.6 is 0 Å². The van der Waals surface area contributed by atoms with Crippen molar-refractivity contribution in [1.82, 2.24) is 15.6 Å². The van der Waals surface area contributed by atoms with Crippen LogP contribution in [0.3, 0.4) is 0 Å². The molecule has 110 valence electrons. The van der Waals surface area contributed by atoms with E-state index in [0.29, 0.717) is 31.0 Å². The minimum atomic E-state index is -0.496. The Morgan fingerprint density at radius 2 is 2.00 bits per heavy atom. The van der Waals surface area contributed by atoms with Crippen molar-refractivity contribution in [1.29, 1.82) is 0 Å². The van der Waals surface area contributed by atoms with Crippen LogP contribution in [0.1, 0.15) is 30.6 Å².